The topological polar surface area (TPSA) is 67.8 Å². The van der Waals surface area contributed by atoms with Gasteiger partial charge >= 0.3 is 0 Å². The second-order valence-electron chi connectivity index (χ2n) is 5.42. The lowest BCUT2D eigenvalue weighted by Crippen LogP contribution is -2.38. The molecule has 0 aliphatic rings. The van der Waals surface area contributed by atoms with E-state index in [1.807, 2.05) is 30.3 Å². The van der Waals surface area contributed by atoms with Crippen LogP contribution in [0.1, 0.15) is 22.8 Å². The average molecular weight is 315 g/mol. The molecule has 1 amide bonds. The monoisotopic (exact) mass is 315 g/mol. The number of carbonyl (C=O) groups is 1. The van der Waals surface area contributed by atoms with Crippen molar-refractivity contribution in [2.75, 3.05) is 20.8 Å². The third kappa shape index (κ3) is 4.23. The first kappa shape index (κ1) is 16.8. The Balaban J connectivity index is 2.10. The molecule has 0 bridgehead atoms. The summed E-state index contributed by atoms with van der Waals surface area (Å²) >= 11 is 0. The molecule has 122 valence electrons. The fourth-order valence-corrected chi connectivity index (χ4v) is 2.19. The largest absolute Gasteiger partial charge is 0.497 e. The first-order valence-corrected chi connectivity index (χ1v) is 7.25. The van der Waals surface area contributed by atoms with E-state index >= 15 is 0 Å². The predicted molar refractivity (Wildman–Crippen MR) is 87.9 cm³/mol. The van der Waals surface area contributed by atoms with Crippen molar-refractivity contribution in [3.63, 3.8) is 0 Å². The van der Waals surface area contributed by atoms with Gasteiger partial charge in [0, 0.05) is 11.6 Å². The van der Waals surface area contributed by atoms with Crippen molar-refractivity contribution in [1.82, 2.24) is 5.32 Å². The second-order valence-corrected chi connectivity index (χ2v) is 5.42. The Labute approximate surface area is 135 Å². The van der Waals surface area contributed by atoms with Crippen LogP contribution in [0.5, 0.6) is 11.5 Å². The normalized spacial score (nSPS) is 13.0. The number of amides is 1. The van der Waals surface area contributed by atoms with Crippen LogP contribution in [-0.4, -0.2) is 31.8 Å². The summed E-state index contributed by atoms with van der Waals surface area (Å²) in [6.45, 7) is 1.75. The molecule has 2 rings (SSSR count). The minimum Gasteiger partial charge on any atom is -0.497 e. The Bertz CT molecular complexity index is 646. The first-order chi connectivity index (χ1) is 11.0. The summed E-state index contributed by atoms with van der Waals surface area (Å²) in [7, 11) is 3.05. The van der Waals surface area contributed by atoms with Crippen LogP contribution in [0.15, 0.2) is 48.5 Å². The lowest BCUT2D eigenvalue weighted by molar-refractivity contribution is 0.0526. The number of benzene rings is 2. The van der Waals surface area contributed by atoms with Crippen molar-refractivity contribution < 1.29 is 19.4 Å². The molecule has 5 nitrogen and oxygen atoms in total. The van der Waals surface area contributed by atoms with Crippen molar-refractivity contribution in [1.29, 1.82) is 0 Å². The number of hydrogen-bond acceptors (Lipinski definition) is 4. The highest BCUT2D eigenvalue weighted by molar-refractivity contribution is 5.95. The van der Waals surface area contributed by atoms with Gasteiger partial charge in [0.1, 0.15) is 17.1 Å². The molecule has 0 saturated heterocycles. The van der Waals surface area contributed by atoms with Gasteiger partial charge in [0.05, 0.1) is 20.8 Å². The molecule has 0 spiro atoms. The highest BCUT2D eigenvalue weighted by Gasteiger charge is 2.24. The fourth-order valence-electron chi connectivity index (χ4n) is 2.19. The van der Waals surface area contributed by atoms with Gasteiger partial charge in [-0.1, -0.05) is 30.3 Å². The molecule has 0 fully saturated rings. The van der Waals surface area contributed by atoms with Crippen molar-refractivity contribution in [2.24, 2.45) is 0 Å². The van der Waals surface area contributed by atoms with E-state index in [1.54, 1.807) is 25.1 Å². The molecule has 1 atom stereocenters. The number of ether oxygens (including phenoxy) is 2. The molecule has 0 aliphatic carbocycles. The van der Waals surface area contributed by atoms with E-state index in [4.69, 9.17) is 9.47 Å². The molecular weight excluding hydrogens is 294 g/mol. The van der Waals surface area contributed by atoms with Gasteiger partial charge < -0.3 is 19.9 Å². The van der Waals surface area contributed by atoms with E-state index < -0.39 is 5.60 Å². The third-order valence-corrected chi connectivity index (χ3v) is 3.60. The van der Waals surface area contributed by atoms with Crippen LogP contribution in [-0.2, 0) is 5.60 Å². The SMILES string of the molecule is COc1cc(OC)cc(C(=O)NC[C@@](C)(O)c2ccccc2)c1. The van der Waals surface area contributed by atoms with Gasteiger partial charge in [0.15, 0.2) is 0 Å². The Morgan fingerprint density at radius 1 is 1.09 bits per heavy atom. The minimum atomic E-state index is -1.15. The lowest BCUT2D eigenvalue weighted by atomic mass is 9.96. The van der Waals surface area contributed by atoms with Gasteiger partial charge in [0.25, 0.3) is 5.91 Å². The van der Waals surface area contributed by atoms with Gasteiger partial charge in [-0.2, -0.15) is 0 Å². The molecule has 23 heavy (non-hydrogen) atoms. The van der Waals surface area contributed by atoms with Gasteiger partial charge in [-0.3, -0.25) is 4.79 Å². The summed E-state index contributed by atoms with van der Waals surface area (Å²) < 4.78 is 10.3. The van der Waals surface area contributed by atoms with Crippen LogP contribution in [0, 0.1) is 0 Å². The van der Waals surface area contributed by atoms with E-state index in [1.165, 1.54) is 14.2 Å². The van der Waals surface area contributed by atoms with Crippen LogP contribution in [0.3, 0.4) is 0 Å². The molecule has 0 aliphatic heterocycles. The van der Waals surface area contributed by atoms with Crippen molar-refractivity contribution in [3.8, 4) is 11.5 Å². The quantitative estimate of drug-likeness (QED) is 0.858. The summed E-state index contributed by atoms with van der Waals surface area (Å²) in [6, 6.07) is 14.1. The molecule has 5 heteroatoms. The molecule has 2 N–H and O–H groups in total. The van der Waals surface area contributed by atoms with E-state index in [2.05, 4.69) is 5.32 Å². The highest BCUT2D eigenvalue weighted by atomic mass is 16.5. The van der Waals surface area contributed by atoms with E-state index in [9.17, 15) is 9.90 Å². The number of aliphatic hydroxyl groups is 1. The Kier molecular flexibility index (Phi) is 5.24. The van der Waals surface area contributed by atoms with Crippen molar-refractivity contribution in [3.05, 3.63) is 59.7 Å². The van der Waals surface area contributed by atoms with Crippen molar-refractivity contribution >= 4 is 5.91 Å². The van der Waals surface area contributed by atoms with E-state index in [0.29, 0.717) is 17.1 Å². The van der Waals surface area contributed by atoms with Gasteiger partial charge in [-0.05, 0) is 24.6 Å². The standard InChI is InChI=1S/C18H21NO4/c1-18(21,14-7-5-4-6-8-14)12-19-17(20)13-9-15(22-2)11-16(10-13)23-3/h4-11,21H,12H2,1-3H3,(H,19,20)/t18-/m1/s1. The summed E-state index contributed by atoms with van der Waals surface area (Å²) in [6.07, 6.45) is 0. The number of carbonyl (C=O) groups excluding carboxylic acids is 1. The molecule has 2 aromatic carbocycles. The smallest absolute Gasteiger partial charge is 0.251 e. The molecular formula is C18H21NO4. The number of rotatable bonds is 6. The maximum Gasteiger partial charge on any atom is 0.251 e. The average Bonchev–Trinajstić information content (AvgIpc) is 2.59. The van der Waals surface area contributed by atoms with Crippen molar-refractivity contribution in [2.45, 2.75) is 12.5 Å². The van der Waals surface area contributed by atoms with Crippen LogP contribution >= 0.6 is 0 Å². The van der Waals surface area contributed by atoms with Crippen LogP contribution in [0.4, 0.5) is 0 Å². The van der Waals surface area contributed by atoms with E-state index in [-0.39, 0.29) is 12.5 Å². The lowest BCUT2D eigenvalue weighted by Gasteiger charge is -2.24. The van der Waals surface area contributed by atoms with Crippen LogP contribution in [0.2, 0.25) is 0 Å². The highest BCUT2D eigenvalue weighted by Crippen LogP contribution is 2.23. The number of methoxy groups -OCH3 is 2. The molecule has 0 aromatic heterocycles. The van der Waals surface area contributed by atoms with Gasteiger partial charge in [-0.15, -0.1) is 0 Å². The third-order valence-electron chi connectivity index (χ3n) is 3.60. The summed E-state index contributed by atoms with van der Waals surface area (Å²) in [4.78, 5) is 12.3. The first-order valence-electron chi connectivity index (χ1n) is 7.25. The number of nitrogens with one attached hydrogen (secondary N) is 1. The molecule has 0 saturated carbocycles. The second kappa shape index (κ2) is 7.15. The molecule has 2 aromatic rings. The maximum atomic E-state index is 12.3. The fraction of sp³-hybridized carbons (Fsp3) is 0.278. The Morgan fingerprint density at radius 3 is 2.17 bits per heavy atom. The summed E-state index contributed by atoms with van der Waals surface area (Å²) in [5, 5.41) is 13.3. The minimum absolute atomic E-state index is 0.0926. The number of hydrogen-bond donors (Lipinski definition) is 2. The van der Waals surface area contributed by atoms with Gasteiger partial charge in [0.2, 0.25) is 0 Å². The molecule has 0 unspecified atom stereocenters. The Hall–Kier alpha value is -2.53. The van der Waals surface area contributed by atoms with Crippen LogP contribution in [0.25, 0.3) is 0 Å². The maximum absolute atomic E-state index is 12.3. The zero-order valence-corrected chi connectivity index (χ0v) is 13.5. The van der Waals surface area contributed by atoms with Gasteiger partial charge in [-0.25, -0.2) is 0 Å². The summed E-state index contributed by atoms with van der Waals surface area (Å²) in [5.41, 5.74) is -0.00607. The Morgan fingerprint density at radius 2 is 1.65 bits per heavy atom. The summed E-state index contributed by atoms with van der Waals surface area (Å²) in [5.74, 6) is 0.757. The zero-order chi connectivity index (χ0) is 16.9. The predicted octanol–water partition coefficient (Wildman–Crippen LogP) is 2.34. The zero-order valence-electron chi connectivity index (χ0n) is 13.5. The van der Waals surface area contributed by atoms with E-state index in [0.717, 1.165) is 5.56 Å². The van der Waals surface area contributed by atoms with Crippen LogP contribution < -0.4 is 14.8 Å². The molecule has 0 radical (unpaired) electrons. The molecule has 0 heterocycles.